The van der Waals surface area contributed by atoms with Crippen LogP contribution in [0.5, 0.6) is 0 Å². The van der Waals surface area contributed by atoms with Crippen molar-refractivity contribution in [2.45, 2.75) is 5.75 Å². The number of imidazole rings is 1. The van der Waals surface area contributed by atoms with Gasteiger partial charge in [-0.3, -0.25) is 0 Å². The van der Waals surface area contributed by atoms with Crippen molar-refractivity contribution in [2.75, 3.05) is 0 Å². The Morgan fingerprint density at radius 2 is 2.33 bits per heavy atom. The second-order valence-corrected chi connectivity index (χ2v) is 2.80. The molecule has 0 bridgehead atoms. The summed E-state index contributed by atoms with van der Waals surface area (Å²) in [6.07, 6.45) is 3.69. The molecular formula is C8H9N3S. The van der Waals surface area contributed by atoms with E-state index in [1.165, 1.54) is 0 Å². The molecule has 0 unspecified atom stereocenters. The van der Waals surface area contributed by atoms with E-state index >= 15 is 0 Å². The van der Waals surface area contributed by atoms with Crippen LogP contribution < -0.4 is 0 Å². The minimum absolute atomic E-state index is 0.640. The van der Waals surface area contributed by atoms with Crippen LogP contribution in [0.25, 0.3) is 11.4 Å². The molecule has 0 saturated carbocycles. The maximum Gasteiger partial charge on any atom is 0.116 e. The van der Waals surface area contributed by atoms with Gasteiger partial charge in [-0.15, -0.1) is 0 Å². The van der Waals surface area contributed by atoms with E-state index in [0.29, 0.717) is 5.75 Å². The number of nitrogens with zero attached hydrogens (tertiary/aromatic N) is 1. The summed E-state index contributed by atoms with van der Waals surface area (Å²) in [5.74, 6) is 1.53. The molecule has 0 amide bonds. The summed E-state index contributed by atoms with van der Waals surface area (Å²) in [5, 5.41) is 0. The van der Waals surface area contributed by atoms with Gasteiger partial charge in [-0.05, 0) is 12.1 Å². The smallest absolute Gasteiger partial charge is 0.116 e. The third-order valence-electron chi connectivity index (χ3n) is 1.67. The van der Waals surface area contributed by atoms with Gasteiger partial charge in [-0.25, -0.2) is 4.98 Å². The second kappa shape index (κ2) is 3.06. The maximum absolute atomic E-state index is 4.14. The molecule has 0 aliphatic heterocycles. The first kappa shape index (κ1) is 7.49. The zero-order chi connectivity index (χ0) is 8.39. The van der Waals surface area contributed by atoms with Gasteiger partial charge >= 0.3 is 0 Å². The van der Waals surface area contributed by atoms with E-state index in [2.05, 4.69) is 27.6 Å². The van der Waals surface area contributed by atoms with Crippen molar-refractivity contribution < 1.29 is 0 Å². The number of aromatic amines is 2. The van der Waals surface area contributed by atoms with Crippen LogP contribution in [0.4, 0.5) is 0 Å². The molecule has 0 aliphatic carbocycles. The number of nitrogens with one attached hydrogen (secondary N) is 2. The predicted octanol–water partition coefficient (Wildman–Crippen LogP) is 1.83. The molecule has 62 valence electrons. The Morgan fingerprint density at radius 3 is 2.92 bits per heavy atom. The lowest BCUT2D eigenvalue weighted by Gasteiger charge is -1.89. The molecule has 0 aromatic carbocycles. The summed E-state index contributed by atoms with van der Waals surface area (Å²) < 4.78 is 0. The third-order valence-corrected chi connectivity index (χ3v) is 1.97. The van der Waals surface area contributed by atoms with Crippen molar-refractivity contribution in [1.82, 2.24) is 15.0 Å². The molecule has 2 rings (SSSR count). The van der Waals surface area contributed by atoms with Gasteiger partial charge in [0.25, 0.3) is 0 Å². The van der Waals surface area contributed by atoms with Gasteiger partial charge in [-0.1, -0.05) is 0 Å². The minimum atomic E-state index is 0.640. The second-order valence-electron chi connectivity index (χ2n) is 2.49. The van der Waals surface area contributed by atoms with E-state index in [1.807, 2.05) is 18.3 Å². The minimum Gasteiger partial charge on any atom is -0.360 e. The van der Waals surface area contributed by atoms with Gasteiger partial charge in [0.15, 0.2) is 0 Å². The maximum atomic E-state index is 4.14. The number of thiol groups is 1. The van der Waals surface area contributed by atoms with Crippen LogP contribution in [0.15, 0.2) is 24.5 Å². The molecule has 0 atom stereocenters. The Morgan fingerprint density at radius 1 is 1.42 bits per heavy atom. The summed E-state index contributed by atoms with van der Waals surface area (Å²) in [6, 6.07) is 3.95. The molecule has 2 heterocycles. The molecule has 0 spiro atoms. The zero-order valence-corrected chi connectivity index (χ0v) is 7.31. The number of hydrogen-bond donors (Lipinski definition) is 3. The van der Waals surface area contributed by atoms with E-state index in [9.17, 15) is 0 Å². The van der Waals surface area contributed by atoms with Crippen LogP contribution in [-0.2, 0) is 5.75 Å². The number of hydrogen-bond acceptors (Lipinski definition) is 2. The van der Waals surface area contributed by atoms with Crippen LogP contribution in [0.3, 0.4) is 0 Å². The van der Waals surface area contributed by atoms with Gasteiger partial charge in [0.05, 0.1) is 17.6 Å². The first-order chi connectivity index (χ1) is 5.90. The fourth-order valence-corrected chi connectivity index (χ4v) is 1.24. The molecule has 12 heavy (non-hydrogen) atoms. The standard InChI is InChI=1S/C8H9N3S/c12-5-8-10-4-7(11-8)6-2-1-3-9-6/h1-4,9,12H,5H2,(H,10,11). The SMILES string of the molecule is SCc1ncc(-c2ccc[nH]2)[nH]1. The quantitative estimate of drug-likeness (QED) is 0.605. The average molecular weight is 179 g/mol. The Kier molecular flexibility index (Phi) is 1.91. The molecule has 4 heteroatoms. The Balaban J connectivity index is 2.35. The fraction of sp³-hybridized carbons (Fsp3) is 0.125. The van der Waals surface area contributed by atoms with Crippen molar-refractivity contribution in [2.24, 2.45) is 0 Å². The highest BCUT2D eigenvalue weighted by Gasteiger charge is 2.00. The molecule has 0 saturated heterocycles. The number of rotatable bonds is 2. The Labute approximate surface area is 75.6 Å². The van der Waals surface area contributed by atoms with Crippen LogP contribution in [0.2, 0.25) is 0 Å². The number of aromatic nitrogens is 3. The molecule has 2 aromatic rings. The van der Waals surface area contributed by atoms with Crippen LogP contribution in [-0.4, -0.2) is 15.0 Å². The molecule has 2 aromatic heterocycles. The van der Waals surface area contributed by atoms with Crippen LogP contribution in [0, 0.1) is 0 Å². The lowest BCUT2D eigenvalue weighted by Crippen LogP contribution is -1.80. The van der Waals surface area contributed by atoms with Gasteiger partial charge in [0.1, 0.15) is 5.82 Å². The fourth-order valence-electron chi connectivity index (χ4n) is 1.08. The van der Waals surface area contributed by atoms with Crippen molar-refractivity contribution in [3.8, 4) is 11.4 Å². The van der Waals surface area contributed by atoms with E-state index in [-0.39, 0.29) is 0 Å². The summed E-state index contributed by atoms with van der Waals surface area (Å²) in [6.45, 7) is 0. The highest BCUT2D eigenvalue weighted by atomic mass is 32.1. The molecule has 2 N–H and O–H groups in total. The normalized spacial score (nSPS) is 10.4. The first-order valence-corrected chi connectivity index (χ1v) is 4.32. The largest absolute Gasteiger partial charge is 0.360 e. The molecule has 0 aliphatic rings. The third kappa shape index (κ3) is 1.25. The van der Waals surface area contributed by atoms with Gasteiger partial charge in [0, 0.05) is 11.9 Å². The van der Waals surface area contributed by atoms with Gasteiger partial charge in [0.2, 0.25) is 0 Å². The predicted molar refractivity (Wildman–Crippen MR) is 51.1 cm³/mol. The molecule has 3 nitrogen and oxygen atoms in total. The van der Waals surface area contributed by atoms with E-state index in [0.717, 1.165) is 17.2 Å². The lowest BCUT2D eigenvalue weighted by molar-refractivity contribution is 1.13. The molecule has 0 fully saturated rings. The van der Waals surface area contributed by atoms with Gasteiger partial charge in [-0.2, -0.15) is 12.6 Å². The summed E-state index contributed by atoms with van der Waals surface area (Å²) in [7, 11) is 0. The van der Waals surface area contributed by atoms with E-state index in [4.69, 9.17) is 0 Å². The molecular weight excluding hydrogens is 170 g/mol. The van der Waals surface area contributed by atoms with Crippen LogP contribution in [0.1, 0.15) is 5.82 Å². The Hall–Kier alpha value is -1.16. The zero-order valence-electron chi connectivity index (χ0n) is 6.41. The van der Waals surface area contributed by atoms with Crippen molar-refractivity contribution >= 4 is 12.6 Å². The number of H-pyrrole nitrogens is 2. The summed E-state index contributed by atoms with van der Waals surface area (Å²) >= 11 is 4.12. The van der Waals surface area contributed by atoms with Crippen LogP contribution >= 0.6 is 12.6 Å². The van der Waals surface area contributed by atoms with Crippen molar-refractivity contribution in [3.63, 3.8) is 0 Å². The monoisotopic (exact) mass is 179 g/mol. The van der Waals surface area contributed by atoms with Crippen molar-refractivity contribution in [1.29, 1.82) is 0 Å². The Bertz CT molecular complexity index is 350. The summed E-state index contributed by atoms with van der Waals surface area (Å²) in [5.41, 5.74) is 2.06. The van der Waals surface area contributed by atoms with E-state index in [1.54, 1.807) is 6.20 Å². The topological polar surface area (TPSA) is 44.5 Å². The van der Waals surface area contributed by atoms with Crippen molar-refractivity contribution in [3.05, 3.63) is 30.4 Å². The van der Waals surface area contributed by atoms with E-state index < -0.39 is 0 Å². The average Bonchev–Trinajstić information content (AvgIpc) is 2.75. The summed E-state index contributed by atoms with van der Waals surface area (Å²) in [4.78, 5) is 10.4. The highest BCUT2D eigenvalue weighted by molar-refractivity contribution is 7.79. The first-order valence-electron chi connectivity index (χ1n) is 3.68. The molecule has 0 radical (unpaired) electrons. The van der Waals surface area contributed by atoms with Gasteiger partial charge < -0.3 is 9.97 Å². The highest BCUT2D eigenvalue weighted by Crippen LogP contribution is 2.14. The lowest BCUT2D eigenvalue weighted by atomic mass is 10.3.